The van der Waals surface area contributed by atoms with Crippen molar-refractivity contribution in [1.82, 2.24) is 0 Å². The van der Waals surface area contributed by atoms with Crippen LogP contribution in [-0.2, 0) is 17.2 Å². The predicted octanol–water partition coefficient (Wildman–Crippen LogP) is 4.17. The standard InChI is InChI=1S/C19H23NO2S/c1-14(2)17-5-3-4-6-18(17)20-19(22)13-23-12-16-9-7-15(11-21)8-10-16/h3-10,14,21H,11-13H2,1-2H3,(H,20,22). The molecule has 2 N–H and O–H groups in total. The van der Waals surface area contributed by atoms with Gasteiger partial charge >= 0.3 is 0 Å². The van der Waals surface area contributed by atoms with Crippen LogP contribution in [0.1, 0.15) is 36.5 Å². The Bertz CT molecular complexity index is 638. The van der Waals surface area contributed by atoms with E-state index < -0.39 is 0 Å². The van der Waals surface area contributed by atoms with Gasteiger partial charge in [-0.15, -0.1) is 11.8 Å². The van der Waals surface area contributed by atoms with Crippen molar-refractivity contribution in [3.05, 3.63) is 65.2 Å². The summed E-state index contributed by atoms with van der Waals surface area (Å²) < 4.78 is 0. The minimum absolute atomic E-state index is 0.0232. The van der Waals surface area contributed by atoms with Crippen LogP contribution in [0.2, 0.25) is 0 Å². The van der Waals surface area contributed by atoms with E-state index in [2.05, 4.69) is 25.2 Å². The molecule has 2 aromatic carbocycles. The third kappa shape index (κ3) is 5.41. The molecule has 0 bridgehead atoms. The van der Waals surface area contributed by atoms with Crippen LogP contribution in [-0.4, -0.2) is 16.8 Å². The van der Waals surface area contributed by atoms with Gasteiger partial charge in [0.25, 0.3) is 0 Å². The first kappa shape index (κ1) is 17.6. The summed E-state index contributed by atoms with van der Waals surface area (Å²) in [6.45, 7) is 4.30. The highest BCUT2D eigenvalue weighted by Gasteiger charge is 2.09. The summed E-state index contributed by atoms with van der Waals surface area (Å²) in [5, 5.41) is 12.0. The Kier molecular flexibility index (Phi) is 6.68. The van der Waals surface area contributed by atoms with Crippen molar-refractivity contribution in [2.45, 2.75) is 32.1 Å². The molecule has 3 nitrogen and oxygen atoms in total. The van der Waals surface area contributed by atoms with Crippen molar-refractivity contribution >= 4 is 23.4 Å². The van der Waals surface area contributed by atoms with Gasteiger partial charge in [0.05, 0.1) is 12.4 Å². The maximum absolute atomic E-state index is 12.1. The summed E-state index contributed by atoms with van der Waals surface area (Å²) in [7, 11) is 0. The molecular formula is C19H23NO2S. The summed E-state index contributed by atoms with van der Waals surface area (Å²) in [6.07, 6.45) is 0. The van der Waals surface area contributed by atoms with Crippen LogP contribution in [0.3, 0.4) is 0 Å². The molecule has 1 amide bonds. The number of hydrogen-bond acceptors (Lipinski definition) is 3. The Morgan fingerprint density at radius 3 is 2.39 bits per heavy atom. The number of nitrogens with one attached hydrogen (secondary N) is 1. The van der Waals surface area contributed by atoms with Crippen molar-refractivity contribution in [2.24, 2.45) is 0 Å². The lowest BCUT2D eigenvalue weighted by molar-refractivity contribution is -0.113. The van der Waals surface area contributed by atoms with Crippen LogP contribution in [0.15, 0.2) is 48.5 Å². The Labute approximate surface area is 142 Å². The number of hydrogen-bond donors (Lipinski definition) is 2. The fraction of sp³-hybridized carbons (Fsp3) is 0.316. The number of rotatable bonds is 7. The fourth-order valence-corrected chi connectivity index (χ4v) is 3.09. The number of para-hydroxylation sites is 1. The highest BCUT2D eigenvalue weighted by molar-refractivity contribution is 7.99. The molecule has 0 aliphatic carbocycles. The molecule has 23 heavy (non-hydrogen) atoms. The van der Waals surface area contributed by atoms with E-state index in [0.717, 1.165) is 28.1 Å². The van der Waals surface area contributed by atoms with Crippen molar-refractivity contribution in [2.75, 3.05) is 11.1 Å². The minimum atomic E-state index is 0.0232. The fourth-order valence-electron chi connectivity index (χ4n) is 2.30. The summed E-state index contributed by atoms with van der Waals surface area (Å²) in [4.78, 5) is 12.1. The Balaban J connectivity index is 1.83. The Hall–Kier alpha value is -1.78. The van der Waals surface area contributed by atoms with Gasteiger partial charge in [0.1, 0.15) is 0 Å². The molecule has 0 radical (unpaired) electrons. The van der Waals surface area contributed by atoms with Gasteiger partial charge < -0.3 is 10.4 Å². The molecule has 0 fully saturated rings. The molecule has 0 unspecified atom stereocenters. The molecule has 122 valence electrons. The maximum Gasteiger partial charge on any atom is 0.234 e. The Morgan fingerprint density at radius 1 is 1.09 bits per heavy atom. The van der Waals surface area contributed by atoms with Crippen molar-refractivity contribution in [3.63, 3.8) is 0 Å². The Morgan fingerprint density at radius 2 is 1.74 bits per heavy atom. The lowest BCUT2D eigenvalue weighted by Gasteiger charge is -2.13. The maximum atomic E-state index is 12.1. The van der Waals surface area contributed by atoms with E-state index in [1.807, 2.05) is 42.5 Å². The number of carbonyl (C=O) groups excluding carboxylic acids is 1. The largest absolute Gasteiger partial charge is 0.392 e. The molecule has 0 saturated heterocycles. The summed E-state index contributed by atoms with van der Waals surface area (Å²) in [5.74, 6) is 1.61. The van der Waals surface area contributed by atoms with Gasteiger partial charge in [-0.05, 0) is 28.7 Å². The molecule has 0 aliphatic heterocycles. The topological polar surface area (TPSA) is 49.3 Å². The van der Waals surface area contributed by atoms with Gasteiger partial charge in [-0.3, -0.25) is 4.79 Å². The van der Waals surface area contributed by atoms with Crippen LogP contribution in [0.25, 0.3) is 0 Å². The number of amides is 1. The van der Waals surface area contributed by atoms with E-state index >= 15 is 0 Å². The van der Waals surface area contributed by atoms with Gasteiger partial charge in [0.2, 0.25) is 5.91 Å². The molecule has 2 rings (SSSR count). The molecule has 2 aromatic rings. The van der Waals surface area contributed by atoms with Gasteiger partial charge in [-0.1, -0.05) is 56.3 Å². The van der Waals surface area contributed by atoms with E-state index in [-0.39, 0.29) is 12.5 Å². The zero-order valence-electron chi connectivity index (χ0n) is 13.6. The normalized spacial score (nSPS) is 10.8. The SMILES string of the molecule is CC(C)c1ccccc1NC(=O)CSCc1ccc(CO)cc1. The second-order valence-electron chi connectivity index (χ2n) is 5.76. The van der Waals surface area contributed by atoms with Gasteiger partial charge in [-0.25, -0.2) is 0 Å². The van der Waals surface area contributed by atoms with Crippen molar-refractivity contribution in [1.29, 1.82) is 0 Å². The van der Waals surface area contributed by atoms with E-state index in [1.165, 1.54) is 0 Å². The van der Waals surface area contributed by atoms with Gasteiger partial charge in [0, 0.05) is 11.4 Å². The van der Waals surface area contributed by atoms with Gasteiger partial charge in [0.15, 0.2) is 0 Å². The smallest absolute Gasteiger partial charge is 0.234 e. The summed E-state index contributed by atoms with van der Waals surface area (Å²) in [6, 6.07) is 15.7. The zero-order valence-corrected chi connectivity index (χ0v) is 14.4. The molecule has 0 atom stereocenters. The van der Waals surface area contributed by atoms with E-state index in [1.54, 1.807) is 11.8 Å². The lowest BCUT2D eigenvalue weighted by Crippen LogP contribution is -2.15. The third-order valence-electron chi connectivity index (χ3n) is 3.56. The van der Waals surface area contributed by atoms with Crippen LogP contribution in [0.4, 0.5) is 5.69 Å². The average Bonchev–Trinajstić information content (AvgIpc) is 2.56. The molecule has 4 heteroatoms. The highest BCUT2D eigenvalue weighted by Crippen LogP contribution is 2.24. The summed E-state index contributed by atoms with van der Waals surface area (Å²) >= 11 is 1.59. The van der Waals surface area contributed by atoms with E-state index in [0.29, 0.717) is 11.7 Å². The zero-order chi connectivity index (χ0) is 16.7. The molecule has 0 saturated carbocycles. The first-order valence-corrected chi connectivity index (χ1v) is 8.91. The monoisotopic (exact) mass is 329 g/mol. The quantitative estimate of drug-likeness (QED) is 0.801. The number of aliphatic hydroxyl groups excluding tert-OH is 1. The van der Waals surface area contributed by atoms with Crippen molar-refractivity contribution < 1.29 is 9.90 Å². The first-order valence-electron chi connectivity index (χ1n) is 7.75. The van der Waals surface area contributed by atoms with Crippen LogP contribution >= 0.6 is 11.8 Å². The molecule has 0 aliphatic rings. The molecule has 0 spiro atoms. The summed E-state index contributed by atoms with van der Waals surface area (Å²) in [5.41, 5.74) is 4.12. The van der Waals surface area contributed by atoms with E-state index in [4.69, 9.17) is 5.11 Å². The third-order valence-corrected chi connectivity index (χ3v) is 4.57. The van der Waals surface area contributed by atoms with Crippen LogP contribution in [0, 0.1) is 0 Å². The predicted molar refractivity (Wildman–Crippen MR) is 97.7 cm³/mol. The molecule has 0 aromatic heterocycles. The number of thioether (sulfide) groups is 1. The minimum Gasteiger partial charge on any atom is -0.392 e. The number of benzene rings is 2. The van der Waals surface area contributed by atoms with Crippen LogP contribution < -0.4 is 5.32 Å². The average molecular weight is 329 g/mol. The van der Waals surface area contributed by atoms with Crippen LogP contribution in [0.5, 0.6) is 0 Å². The van der Waals surface area contributed by atoms with Crippen molar-refractivity contribution in [3.8, 4) is 0 Å². The first-order chi connectivity index (χ1) is 11.1. The second-order valence-corrected chi connectivity index (χ2v) is 6.74. The number of aliphatic hydroxyl groups is 1. The number of anilines is 1. The van der Waals surface area contributed by atoms with E-state index in [9.17, 15) is 4.79 Å². The van der Waals surface area contributed by atoms with Gasteiger partial charge in [-0.2, -0.15) is 0 Å². The molecular weight excluding hydrogens is 306 g/mol. The number of carbonyl (C=O) groups is 1. The lowest BCUT2D eigenvalue weighted by atomic mass is 10.0. The second kappa shape index (κ2) is 8.75. The molecule has 0 heterocycles. The highest BCUT2D eigenvalue weighted by atomic mass is 32.2.